The van der Waals surface area contributed by atoms with E-state index in [1.54, 1.807) is 29.1 Å². The number of para-hydroxylation sites is 1. The number of aromatic nitrogens is 2. The number of hydrogen-bond acceptors (Lipinski definition) is 5. The number of sulfonamides is 1. The molecule has 0 aliphatic heterocycles. The molecule has 9 nitrogen and oxygen atoms in total. The molecule has 0 aliphatic carbocycles. The van der Waals surface area contributed by atoms with Gasteiger partial charge < -0.3 is 0 Å². The van der Waals surface area contributed by atoms with E-state index in [-0.39, 0.29) is 23.4 Å². The van der Waals surface area contributed by atoms with Gasteiger partial charge in [-0.3, -0.25) is 20.4 Å². The van der Waals surface area contributed by atoms with Gasteiger partial charge in [-0.1, -0.05) is 66.7 Å². The fourth-order valence-corrected chi connectivity index (χ4v) is 4.35. The molecule has 178 valence electrons. The first kappa shape index (κ1) is 23.9. The highest BCUT2D eigenvalue weighted by Crippen LogP contribution is 2.23. The molecule has 0 aliphatic rings. The van der Waals surface area contributed by atoms with Crippen LogP contribution >= 0.6 is 0 Å². The van der Waals surface area contributed by atoms with Gasteiger partial charge in [0.1, 0.15) is 5.69 Å². The number of carbonyl (C=O) groups excluding carboxylic acids is 2. The largest absolute Gasteiger partial charge is 0.273 e. The number of hydrazine groups is 1. The van der Waals surface area contributed by atoms with Gasteiger partial charge in [0.15, 0.2) is 0 Å². The predicted molar refractivity (Wildman–Crippen MR) is 131 cm³/mol. The molecule has 1 heterocycles. The number of amides is 2. The summed E-state index contributed by atoms with van der Waals surface area (Å²) in [5.74, 6) is -1.10. The van der Waals surface area contributed by atoms with Gasteiger partial charge in [-0.05, 0) is 24.3 Å². The van der Waals surface area contributed by atoms with Crippen LogP contribution in [0.2, 0.25) is 0 Å². The Morgan fingerprint density at radius 2 is 1.40 bits per heavy atom. The van der Waals surface area contributed by atoms with Crippen molar-refractivity contribution in [2.24, 2.45) is 0 Å². The van der Waals surface area contributed by atoms with Crippen molar-refractivity contribution in [3.8, 4) is 16.9 Å². The molecular formula is C25H23N5O4S. The summed E-state index contributed by atoms with van der Waals surface area (Å²) >= 11 is 0. The highest BCUT2D eigenvalue weighted by Gasteiger charge is 2.19. The average molecular weight is 490 g/mol. The Hall–Kier alpha value is -4.28. The molecule has 35 heavy (non-hydrogen) atoms. The molecular weight excluding hydrogens is 466 g/mol. The molecule has 0 saturated heterocycles. The van der Waals surface area contributed by atoms with Crippen LogP contribution in [0, 0.1) is 0 Å². The lowest BCUT2D eigenvalue weighted by molar-refractivity contribution is -0.121. The van der Waals surface area contributed by atoms with E-state index in [9.17, 15) is 18.0 Å². The Balaban J connectivity index is 1.40. The van der Waals surface area contributed by atoms with Gasteiger partial charge in [0.2, 0.25) is 15.9 Å². The predicted octanol–water partition coefficient (Wildman–Crippen LogP) is 2.67. The van der Waals surface area contributed by atoms with Crippen LogP contribution in [-0.4, -0.2) is 36.6 Å². The lowest BCUT2D eigenvalue weighted by Gasteiger charge is -2.09. The SMILES string of the molecule is O=C(CCNS(=O)(=O)c1ccccc1)NNC(=O)c1cn(-c2ccccc2)nc1-c1ccccc1. The third-order valence-electron chi connectivity index (χ3n) is 5.04. The standard InChI is InChI=1S/C25H23N5O4S/c31-23(16-17-26-35(33,34)21-14-8-3-9-15-21)27-28-25(32)22-18-30(20-12-6-2-7-13-20)29-24(22)19-10-4-1-5-11-19/h1-15,18,26H,16-17H2,(H,27,31)(H,28,32). The van der Waals surface area contributed by atoms with Gasteiger partial charge in [-0.25, -0.2) is 17.8 Å². The van der Waals surface area contributed by atoms with Crippen LogP contribution in [-0.2, 0) is 14.8 Å². The smallest absolute Gasteiger partial charge is 0.273 e. The molecule has 0 atom stereocenters. The maximum atomic E-state index is 12.9. The van der Waals surface area contributed by atoms with E-state index >= 15 is 0 Å². The number of nitrogens with one attached hydrogen (secondary N) is 3. The minimum atomic E-state index is -3.72. The van der Waals surface area contributed by atoms with Gasteiger partial charge in [0, 0.05) is 24.7 Å². The number of hydrogen-bond donors (Lipinski definition) is 3. The lowest BCUT2D eigenvalue weighted by Crippen LogP contribution is -2.42. The summed E-state index contributed by atoms with van der Waals surface area (Å²) in [5, 5.41) is 4.57. The van der Waals surface area contributed by atoms with Crippen LogP contribution in [0.15, 0.2) is 102 Å². The third-order valence-corrected chi connectivity index (χ3v) is 6.52. The quantitative estimate of drug-likeness (QED) is 0.329. The van der Waals surface area contributed by atoms with Crippen molar-refractivity contribution in [3.63, 3.8) is 0 Å². The van der Waals surface area contributed by atoms with Gasteiger partial charge >= 0.3 is 0 Å². The van der Waals surface area contributed by atoms with Crippen LogP contribution in [0.5, 0.6) is 0 Å². The molecule has 0 bridgehead atoms. The van der Waals surface area contributed by atoms with Gasteiger partial charge in [0.25, 0.3) is 5.91 Å². The minimum Gasteiger partial charge on any atom is -0.273 e. The Labute approximate surface area is 202 Å². The van der Waals surface area contributed by atoms with Crippen LogP contribution in [0.3, 0.4) is 0 Å². The normalized spacial score (nSPS) is 11.1. The summed E-state index contributed by atoms with van der Waals surface area (Å²) in [4.78, 5) is 25.2. The average Bonchev–Trinajstić information content (AvgIpc) is 3.34. The van der Waals surface area contributed by atoms with Crippen molar-refractivity contribution in [1.82, 2.24) is 25.4 Å². The molecule has 0 saturated carbocycles. The Bertz CT molecular complexity index is 1410. The van der Waals surface area contributed by atoms with Gasteiger partial charge in [0.05, 0.1) is 16.1 Å². The van der Waals surface area contributed by atoms with Crippen LogP contribution in [0.25, 0.3) is 16.9 Å². The first-order valence-electron chi connectivity index (χ1n) is 10.8. The highest BCUT2D eigenvalue weighted by atomic mass is 32.2. The van der Waals surface area contributed by atoms with Crippen molar-refractivity contribution >= 4 is 21.8 Å². The van der Waals surface area contributed by atoms with Crippen molar-refractivity contribution in [3.05, 3.63) is 103 Å². The van der Waals surface area contributed by atoms with E-state index in [0.717, 1.165) is 11.3 Å². The zero-order valence-corrected chi connectivity index (χ0v) is 19.4. The Morgan fingerprint density at radius 3 is 2.06 bits per heavy atom. The van der Waals surface area contributed by atoms with Crippen LogP contribution in [0.1, 0.15) is 16.8 Å². The summed E-state index contributed by atoms with van der Waals surface area (Å²) in [6.07, 6.45) is 1.42. The summed E-state index contributed by atoms with van der Waals surface area (Å²) in [5.41, 5.74) is 6.95. The zero-order chi connectivity index (χ0) is 24.7. The van der Waals surface area contributed by atoms with Crippen molar-refractivity contribution in [2.45, 2.75) is 11.3 Å². The number of carbonyl (C=O) groups is 2. The van der Waals surface area contributed by atoms with Crippen LogP contribution < -0.4 is 15.6 Å². The molecule has 10 heteroatoms. The van der Waals surface area contributed by atoms with E-state index in [2.05, 4.69) is 20.7 Å². The molecule has 4 aromatic rings. The second-order valence-electron chi connectivity index (χ2n) is 7.50. The van der Waals surface area contributed by atoms with Crippen molar-refractivity contribution < 1.29 is 18.0 Å². The lowest BCUT2D eigenvalue weighted by atomic mass is 10.1. The Morgan fingerprint density at radius 1 is 0.800 bits per heavy atom. The van der Waals surface area contributed by atoms with Crippen LogP contribution in [0.4, 0.5) is 0 Å². The molecule has 3 aromatic carbocycles. The summed E-state index contributed by atoms with van der Waals surface area (Å²) in [6, 6.07) is 26.4. The fourth-order valence-electron chi connectivity index (χ4n) is 3.30. The van der Waals surface area contributed by atoms with E-state index in [4.69, 9.17) is 0 Å². The monoisotopic (exact) mass is 489 g/mol. The molecule has 4 rings (SSSR count). The first-order valence-corrected chi connectivity index (χ1v) is 12.3. The summed E-state index contributed by atoms with van der Waals surface area (Å²) in [6.45, 7) is -0.125. The van der Waals surface area contributed by atoms with E-state index in [0.29, 0.717) is 5.69 Å². The maximum Gasteiger partial charge on any atom is 0.273 e. The molecule has 1 aromatic heterocycles. The molecule has 0 unspecified atom stereocenters. The Kier molecular flexibility index (Phi) is 7.34. The molecule has 0 spiro atoms. The third kappa shape index (κ3) is 5.99. The fraction of sp³-hybridized carbons (Fsp3) is 0.0800. The maximum absolute atomic E-state index is 12.9. The second kappa shape index (κ2) is 10.8. The molecule has 0 fully saturated rings. The number of benzene rings is 3. The minimum absolute atomic E-state index is 0.109. The van der Waals surface area contributed by atoms with E-state index in [1.165, 1.54) is 12.1 Å². The molecule has 3 N–H and O–H groups in total. The summed E-state index contributed by atoms with van der Waals surface area (Å²) in [7, 11) is -3.72. The van der Waals surface area contributed by atoms with Gasteiger partial charge in [-0.2, -0.15) is 5.10 Å². The topological polar surface area (TPSA) is 122 Å². The van der Waals surface area contributed by atoms with E-state index < -0.39 is 21.8 Å². The second-order valence-corrected chi connectivity index (χ2v) is 9.27. The first-order chi connectivity index (χ1) is 16.9. The molecule has 0 radical (unpaired) electrons. The van der Waals surface area contributed by atoms with Crippen molar-refractivity contribution in [1.29, 1.82) is 0 Å². The highest BCUT2D eigenvalue weighted by molar-refractivity contribution is 7.89. The van der Waals surface area contributed by atoms with Crippen molar-refractivity contribution in [2.75, 3.05) is 6.54 Å². The molecule has 2 amide bonds. The zero-order valence-electron chi connectivity index (χ0n) is 18.6. The number of rotatable bonds is 8. The number of nitrogens with zero attached hydrogens (tertiary/aromatic N) is 2. The summed E-state index contributed by atoms with van der Waals surface area (Å²) < 4.78 is 28.4. The van der Waals surface area contributed by atoms with E-state index in [1.807, 2.05) is 60.7 Å². The van der Waals surface area contributed by atoms with Gasteiger partial charge in [-0.15, -0.1) is 0 Å².